The van der Waals surface area contributed by atoms with E-state index in [2.05, 4.69) is 58.6 Å². The molecule has 1 atom stereocenters. The van der Waals surface area contributed by atoms with Gasteiger partial charge in [0.25, 0.3) is 0 Å². The second-order valence-corrected chi connectivity index (χ2v) is 7.34. The Morgan fingerprint density at radius 2 is 2.00 bits per heavy atom. The summed E-state index contributed by atoms with van der Waals surface area (Å²) in [6, 6.07) is 8.71. The molecule has 2 rings (SSSR count). The van der Waals surface area contributed by atoms with Crippen LogP contribution in [0, 0.1) is 5.41 Å². The van der Waals surface area contributed by atoms with Crippen LogP contribution < -0.4 is 10.6 Å². The molecule has 0 saturated carbocycles. The van der Waals surface area contributed by atoms with Crippen molar-refractivity contribution in [3.63, 3.8) is 0 Å². The molecule has 3 N–H and O–H groups in total. The third-order valence-corrected chi connectivity index (χ3v) is 5.43. The molecule has 1 aromatic carbocycles. The smallest absolute Gasteiger partial charge is 0.191 e. The van der Waals surface area contributed by atoms with Gasteiger partial charge in [-0.05, 0) is 37.1 Å². The number of nitrogens with zero attached hydrogens (tertiary/aromatic N) is 2. The van der Waals surface area contributed by atoms with E-state index in [-0.39, 0.29) is 36.0 Å². The van der Waals surface area contributed by atoms with Crippen molar-refractivity contribution in [3.05, 3.63) is 35.4 Å². The molecule has 6 nitrogen and oxygen atoms in total. The molecule has 1 unspecified atom stereocenters. The second kappa shape index (κ2) is 13.3. The zero-order chi connectivity index (χ0) is 19.5. The van der Waals surface area contributed by atoms with Gasteiger partial charge in [0.1, 0.15) is 0 Å². The first-order chi connectivity index (χ1) is 13.1. The highest BCUT2D eigenvalue weighted by Crippen LogP contribution is 2.31. The van der Waals surface area contributed by atoms with E-state index in [0.717, 1.165) is 58.1 Å². The van der Waals surface area contributed by atoms with Crippen LogP contribution >= 0.6 is 24.0 Å². The zero-order valence-electron chi connectivity index (χ0n) is 17.5. The van der Waals surface area contributed by atoms with Crippen LogP contribution in [0.15, 0.2) is 29.3 Å². The van der Waals surface area contributed by atoms with Gasteiger partial charge >= 0.3 is 0 Å². The summed E-state index contributed by atoms with van der Waals surface area (Å²) in [7, 11) is 1.79. The van der Waals surface area contributed by atoms with Gasteiger partial charge in [0.15, 0.2) is 5.96 Å². The van der Waals surface area contributed by atoms with E-state index in [1.54, 1.807) is 7.05 Å². The van der Waals surface area contributed by atoms with Crippen LogP contribution in [0.1, 0.15) is 37.8 Å². The second-order valence-electron chi connectivity index (χ2n) is 7.34. The first kappa shape index (κ1) is 25.1. The molecular formula is C21H37IN4O2. The van der Waals surface area contributed by atoms with Crippen LogP contribution in [0.2, 0.25) is 0 Å². The normalized spacial score (nSPS) is 19.5. The van der Waals surface area contributed by atoms with Crippen molar-refractivity contribution >= 4 is 29.9 Å². The summed E-state index contributed by atoms with van der Waals surface area (Å²) in [6.07, 6.45) is 1.73. The summed E-state index contributed by atoms with van der Waals surface area (Å²) < 4.78 is 5.56. The molecule has 0 aliphatic carbocycles. The monoisotopic (exact) mass is 504 g/mol. The maximum Gasteiger partial charge on any atom is 0.191 e. The number of halogens is 1. The molecule has 1 heterocycles. The number of ether oxygens (including phenoxy) is 1. The quantitative estimate of drug-likeness (QED) is 0.260. The Kier molecular flexibility index (Phi) is 12.0. The number of aliphatic hydroxyl groups excluding tert-OH is 1. The van der Waals surface area contributed by atoms with Crippen LogP contribution in [-0.2, 0) is 17.8 Å². The van der Waals surface area contributed by atoms with Gasteiger partial charge in [-0.15, -0.1) is 24.0 Å². The maximum absolute atomic E-state index is 9.36. The number of hydrogen-bond acceptors (Lipinski definition) is 4. The molecule has 7 heteroatoms. The minimum absolute atomic E-state index is 0. The maximum atomic E-state index is 9.36. The topological polar surface area (TPSA) is 69.1 Å². The van der Waals surface area contributed by atoms with Gasteiger partial charge in [0.05, 0.1) is 6.61 Å². The van der Waals surface area contributed by atoms with Gasteiger partial charge in [0.2, 0.25) is 0 Å². The highest BCUT2D eigenvalue weighted by Gasteiger charge is 2.34. The van der Waals surface area contributed by atoms with E-state index in [1.807, 2.05) is 0 Å². The van der Waals surface area contributed by atoms with Gasteiger partial charge in [-0.1, -0.05) is 38.1 Å². The largest absolute Gasteiger partial charge is 0.396 e. The number of benzene rings is 1. The number of nitrogens with one attached hydrogen (secondary N) is 2. The third-order valence-electron chi connectivity index (χ3n) is 5.43. The number of rotatable bonds is 10. The Morgan fingerprint density at radius 1 is 1.25 bits per heavy atom. The molecule has 1 fully saturated rings. The molecular weight excluding hydrogens is 467 g/mol. The molecule has 0 spiro atoms. The predicted octanol–water partition coefficient (Wildman–Crippen LogP) is 2.60. The van der Waals surface area contributed by atoms with Crippen molar-refractivity contribution in [3.8, 4) is 0 Å². The van der Waals surface area contributed by atoms with Crippen molar-refractivity contribution in [1.82, 2.24) is 15.5 Å². The molecule has 28 heavy (non-hydrogen) atoms. The average Bonchev–Trinajstić information content (AvgIpc) is 3.15. The summed E-state index contributed by atoms with van der Waals surface area (Å²) in [4.78, 5) is 6.75. The Bertz CT molecular complexity index is 588. The molecule has 0 aromatic heterocycles. The highest BCUT2D eigenvalue weighted by atomic mass is 127. The first-order valence-corrected chi connectivity index (χ1v) is 10.1. The molecule has 0 bridgehead atoms. The Hall–Kier alpha value is -0.900. The van der Waals surface area contributed by atoms with Crippen molar-refractivity contribution in [2.45, 2.75) is 39.8 Å². The summed E-state index contributed by atoms with van der Waals surface area (Å²) >= 11 is 0. The van der Waals surface area contributed by atoms with E-state index in [0.29, 0.717) is 6.61 Å². The third kappa shape index (κ3) is 7.85. The Labute approximate surface area is 187 Å². The van der Waals surface area contributed by atoms with Crippen molar-refractivity contribution < 1.29 is 9.84 Å². The van der Waals surface area contributed by atoms with Crippen LogP contribution in [0.3, 0.4) is 0 Å². The summed E-state index contributed by atoms with van der Waals surface area (Å²) in [5.41, 5.74) is 2.60. The van der Waals surface area contributed by atoms with E-state index in [4.69, 9.17) is 4.74 Å². The van der Waals surface area contributed by atoms with Crippen LogP contribution in [0.25, 0.3) is 0 Å². The molecule has 1 aliphatic heterocycles. The van der Waals surface area contributed by atoms with Crippen LogP contribution in [-0.4, -0.2) is 62.5 Å². The molecule has 160 valence electrons. The van der Waals surface area contributed by atoms with Crippen molar-refractivity contribution in [2.75, 3.05) is 46.5 Å². The number of hydrogen-bond donors (Lipinski definition) is 3. The Morgan fingerprint density at radius 3 is 2.61 bits per heavy atom. The lowest BCUT2D eigenvalue weighted by Gasteiger charge is -2.27. The van der Waals surface area contributed by atoms with Gasteiger partial charge in [0, 0.05) is 45.3 Å². The number of guanidine groups is 1. The lowest BCUT2D eigenvalue weighted by Crippen LogP contribution is -2.44. The fraction of sp³-hybridized carbons (Fsp3) is 0.667. The number of aliphatic imine (C=N–C) groups is 1. The summed E-state index contributed by atoms with van der Waals surface area (Å²) in [5.74, 6) is 0.786. The minimum atomic E-state index is 0. The molecule has 0 radical (unpaired) electrons. The van der Waals surface area contributed by atoms with Crippen LogP contribution in [0.4, 0.5) is 0 Å². The van der Waals surface area contributed by atoms with E-state index >= 15 is 0 Å². The van der Waals surface area contributed by atoms with Gasteiger partial charge in [-0.25, -0.2) is 0 Å². The minimum Gasteiger partial charge on any atom is -0.396 e. The Balaban J connectivity index is 0.00000392. The van der Waals surface area contributed by atoms with Gasteiger partial charge < -0.3 is 20.5 Å². The van der Waals surface area contributed by atoms with Crippen molar-refractivity contribution in [2.24, 2.45) is 10.4 Å². The summed E-state index contributed by atoms with van der Waals surface area (Å²) in [5, 5.41) is 16.2. The number of aliphatic hydroxyl groups is 1. The molecule has 0 amide bonds. The van der Waals surface area contributed by atoms with Crippen LogP contribution in [0.5, 0.6) is 0 Å². The first-order valence-electron chi connectivity index (χ1n) is 10.1. The average molecular weight is 504 g/mol. The lowest BCUT2D eigenvalue weighted by atomic mass is 9.84. The molecule has 1 aliphatic rings. The van der Waals surface area contributed by atoms with Gasteiger partial charge in [-0.2, -0.15) is 0 Å². The molecule has 1 aromatic rings. The fourth-order valence-electron chi connectivity index (χ4n) is 3.53. The predicted molar refractivity (Wildman–Crippen MR) is 126 cm³/mol. The van der Waals surface area contributed by atoms with Crippen molar-refractivity contribution in [1.29, 1.82) is 0 Å². The standard InChI is InChI=1S/C21H36N4O2.HI/c1-4-25(5-2)15-19-8-6-7-18(13-19)14-23-20(22-3)24-16-21(9-11-26)10-12-27-17-21;/h6-8,13,26H,4-5,9-12,14-17H2,1-3H3,(H2,22,23,24);1H. The van der Waals surface area contributed by atoms with E-state index in [9.17, 15) is 5.11 Å². The fourth-order valence-corrected chi connectivity index (χ4v) is 3.53. The zero-order valence-corrected chi connectivity index (χ0v) is 19.9. The van der Waals surface area contributed by atoms with E-state index < -0.39 is 0 Å². The lowest BCUT2D eigenvalue weighted by molar-refractivity contribution is 0.127. The highest BCUT2D eigenvalue weighted by molar-refractivity contribution is 14.0. The summed E-state index contributed by atoms with van der Waals surface area (Å²) in [6.45, 7) is 10.7. The molecule has 1 saturated heterocycles. The van der Waals surface area contributed by atoms with Gasteiger partial charge in [-0.3, -0.25) is 9.89 Å². The van der Waals surface area contributed by atoms with E-state index in [1.165, 1.54) is 11.1 Å². The SMILES string of the molecule is CCN(CC)Cc1cccc(CNC(=NC)NCC2(CCO)CCOC2)c1.I.